The number of hydrogen-bond acceptors (Lipinski definition) is 3. The number of nitrogens with one attached hydrogen (secondary N) is 4. The highest BCUT2D eigenvalue weighted by Crippen LogP contribution is 2.14. The number of hydrogen-bond donors (Lipinski definition) is 5. The lowest BCUT2D eigenvalue weighted by Gasteiger charge is -2.21. The normalized spacial score (nSPS) is 11.5. The van der Waals surface area contributed by atoms with Crippen LogP contribution in [0.3, 0.4) is 0 Å². The van der Waals surface area contributed by atoms with Gasteiger partial charge in [-0.05, 0) is 58.9 Å². The Morgan fingerprint density at radius 1 is 0.818 bits per heavy atom. The van der Waals surface area contributed by atoms with Crippen molar-refractivity contribution in [3.05, 3.63) is 24.3 Å². The first-order valence-corrected chi connectivity index (χ1v) is 7.40. The minimum absolute atomic E-state index is 0.275. The van der Waals surface area contributed by atoms with Gasteiger partial charge in [0, 0.05) is 16.9 Å². The molecule has 7 heteroatoms. The van der Waals surface area contributed by atoms with Crippen molar-refractivity contribution in [3.8, 4) is 0 Å². The second kappa shape index (κ2) is 6.91. The third kappa shape index (κ3) is 7.78. The number of carbonyl (C=O) groups is 2. The predicted octanol–water partition coefficient (Wildman–Crippen LogP) is 3.39. The molecule has 0 radical (unpaired) electrons. The van der Waals surface area contributed by atoms with E-state index in [0.717, 1.165) is 0 Å². The van der Waals surface area contributed by atoms with Gasteiger partial charge in [0.25, 0.3) is 0 Å². The molecule has 0 spiro atoms. The molecule has 0 aliphatic rings. The lowest BCUT2D eigenvalue weighted by molar-refractivity contribution is 0.243. The Morgan fingerprint density at radius 2 is 1.18 bits per heavy atom. The molecule has 0 bridgehead atoms. The van der Waals surface area contributed by atoms with Crippen molar-refractivity contribution in [1.29, 1.82) is 0 Å². The molecule has 0 atom stereocenters. The van der Waals surface area contributed by atoms with Crippen LogP contribution in [0.25, 0.3) is 0 Å². The molecule has 1 aromatic rings. The Labute approximate surface area is 136 Å². The average Bonchev–Trinajstić information content (AvgIpc) is 2.26. The van der Waals surface area contributed by atoms with Gasteiger partial charge < -0.3 is 21.3 Å². The van der Waals surface area contributed by atoms with Gasteiger partial charge >= 0.3 is 12.1 Å². The molecule has 1 aromatic carbocycles. The highest BCUT2D eigenvalue weighted by molar-refractivity contribution is 7.81. The van der Waals surface area contributed by atoms with Crippen molar-refractivity contribution >= 4 is 36.1 Å². The van der Waals surface area contributed by atoms with Crippen molar-refractivity contribution < 1.29 is 9.59 Å². The highest BCUT2D eigenvalue weighted by atomic mass is 32.1. The van der Waals surface area contributed by atoms with E-state index in [1.165, 1.54) is 0 Å². The molecule has 6 nitrogen and oxygen atoms in total. The molecule has 0 unspecified atom stereocenters. The summed E-state index contributed by atoms with van der Waals surface area (Å²) in [5.41, 5.74) is 0.961. The summed E-state index contributed by atoms with van der Waals surface area (Å²) in [6.45, 7) is 9.26. The third-order valence-corrected chi connectivity index (χ3v) is 2.42. The molecule has 0 saturated carbocycles. The number of urea groups is 2. The fourth-order valence-electron chi connectivity index (χ4n) is 1.58. The summed E-state index contributed by atoms with van der Waals surface area (Å²) in [5.74, 6) is 0. The molecule has 0 saturated heterocycles. The molecule has 1 rings (SSSR count). The van der Waals surface area contributed by atoms with Gasteiger partial charge in [-0.15, -0.1) is 0 Å². The van der Waals surface area contributed by atoms with Crippen molar-refractivity contribution in [2.75, 3.05) is 10.6 Å². The van der Waals surface area contributed by atoms with E-state index in [0.29, 0.717) is 11.4 Å². The molecule has 4 amide bonds. The fourth-order valence-corrected chi connectivity index (χ4v) is 1.68. The third-order valence-electron chi connectivity index (χ3n) is 2.31. The Morgan fingerprint density at radius 3 is 1.50 bits per heavy atom. The highest BCUT2D eigenvalue weighted by Gasteiger charge is 2.15. The maximum absolute atomic E-state index is 11.7. The first-order chi connectivity index (χ1) is 9.94. The van der Waals surface area contributed by atoms with Crippen LogP contribution in [0, 0.1) is 0 Å². The smallest absolute Gasteiger partial charge is 0.320 e. The van der Waals surface area contributed by atoms with E-state index in [9.17, 15) is 9.59 Å². The predicted molar refractivity (Wildman–Crippen MR) is 93.6 cm³/mol. The molecule has 0 aromatic heterocycles. The summed E-state index contributed by atoms with van der Waals surface area (Å²) in [5, 5.41) is 10.9. The zero-order chi connectivity index (χ0) is 17.0. The van der Waals surface area contributed by atoms with Crippen molar-refractivity contribution in [2.45, 2.75) is 45.0 Å². The molecular formula is C15H24N4O2S. The molecule has 0 heterocycles. The lowest BCUT2D eigenvalue weighted by atomic mass is 10.1. The summed E-state index contributed by atoms with van der Waals surface area (Å²) in [7, 11) is 0. The monoisotopic (exact) mass is 324 g/mol. The Bertz CT molecular complexity index is 481. The van der Waals surface area contributed by atoms with E-state index >= 15 is 0 Å². The van der Waals surface area contributed by atoms with E-state index in [4.69, 9.17) is 0 Å². The number of benzene rings is 1. The summed E-state index contributed by atoms with van der Waals surface area (Å²) < 4.78 is 0. The maximum atomic E-state index is 11.7. The van der Waals surface area contributed by atoms with E-state index in [-0.39, 0.29) is 17.6 Å². The van der Waals surface area contributed by atoms with Gasteiger partial charge in [-0.3, -0.25) is 0 Å². The Balaban J connectivity index is 2.56. The van der Waals surface area contributed by atoms with Gasteiger partial charge in [0.2, 0.25) is 0 Å². The second-order valence-corrected chi connectivity index (χ2v) is 7.66. The molecule has 0 aliphatic carbocycles. The van der Waals surface area contributed by atoms with Crippen molar-refractivity contribution in [3.63, 3.8) is 0 Å². The Hall–Kier alpha value is -1.89. The maximum Gasteiger partial charge on any atom is 0.320 e. The van der Waals surface area contributed by atoms with E-state index < -0.39 is 4.87 Å². The zero-order valence-corrected chi connectivity index (χ0v) is 14.5. The van der Waals surface area contributed by atoms with Crippen LogP contribution in [0.15, 0.2) is 24.3 Å². The number of rotatable bonds is 3. The van der Waals surface area contributed by atoms with Crippen molar-refractivity contribution in [1.82, 2.24) is 10.6 Å². The van der Waals surface area contributed by atoms with Crippen molar-refractivity contribution in [2.24, 2.45) is 0 Å². The minimum atomic E-state index is -0.601. The van der Waals surface area contributed by atoms with Gasteiger partial charge in [0.1, 0.15) is 0 Å². The summed E-state index contributed by atoms with van der Waals surface area (Å²) in [6, 6.07) is 6.22. The van der Waals surface area contributed by atoms with Crippen LogP contribution < -0.4 is 21.3 Å². The van der Waals surface area contributed by atoms with Gasteiger partial charge in [-0.25, -0.2) is 9.59 Å². The zero-order valence-electron chi connectivity index (χ0n) is 13.6. The van der Waals surface area contributed by atoms with Gasteiger partial charge in [0.15, 0.2) is 0 Å². The van der Waals surface area contributed by atoms with Crippen LogP contribution in [-0.4, -0.2) is 22.5 Å². The second-order valence-electron chi connectivity index (χ2n) is 6.54. The van der Waals surface area contributed by atoms with Crippen LogP contribution in [0.4, 0.5) is 21.0 Å². The molecule has 4 N–H and O–H groups in total. The van der Waals surface area contributed by atoms with Crippen LogP contribution in [0.2, 0.25) is 0 Å². The molecule has 0 fully saturated rings. The number of carbonyl (C=O) groups excluding carboxylic acids is 2. The number of thiol groups is 1. The van der Waals surface area contributed by atoms with E-state index in [1.807, 2.05) is 20.8 Å². The SMILES string of the molecule is CC(C)(C)NC(=O)Nc1ccc(NC(=O)NC(C)(C)S)cc1. The van der Waals surface area contributed by atoms with Gasteiger partial charge in [-0.2, -0.15) is 12.6 Å². The van der Waals surface area contributed by atoms with Gasteiger partial charge in [0.05, 0.1) is 4.87 Å². The largest absolute Gasteiger partial charge is 0.333 e. The average molecular weight is 324 g/mol. The number of amides is 4. The van der Waals surface area contributed by atoms with Crippen LogP contribution in [-0.2, 0) is 0 Å². The van der Waals surface area contributed by atoms with Crippen LogP contribution in [0.5, 0.6) is 0 Å². The molecular weight excluding hydrogens is 300 g/mol. The van der Waals surface area contributed by atoms with Crippen LogP contribution in [0.1, 0.15) is 34.6 Å². The number of anilines is 2. The van der Waals surface area contributed by atoms with E-state index in [1.54, 1.807) is 38.1 Å². The van der Waals surface area contributed by atoms with E-state index in [2.05, 4.69) is 33.9 Å². The van der Waals surface area contributed by atoms with Gasteiger partial charge in [-0.1, -0.05) is 0 Å². The fraction of sp³-hybridized carbons (Fsp3) is 0.467. The molecule has 22 heavy (non-hydrogen) atoms. The first-order valence-electron chi connectivity index (χ1n) is 6.95. The lowest BCUT2D eigenvalue weighted by Crippen LogP contribution is -2.43. The summed E-state index contributed by atoms with van der Waals surface area (Å²) in [6.07, 6.45) is 0. The minimum Gasteiger partial charge on any atom is -0.333 e. The topological polar surface area (TPSA) is 82.3 Å². The molecule has 0 aliphatic heterocycles. The molecule has 122 valence electrons. The van der Waals surface area contributed by atoms with Crippen LogP contribution >= 0.6 is 12.6 Å². The first kappa shape index (κ1) is 18.2. The standard InChI is InChI=1S/C15H24N4O2S/c1-14(2,3)18-12(20)16-10-6-8-11(9-7-10)17-13(21)19-15(4,5)22/h6-9,22H,1-5H3,(H2,16,18,20)(H2,17,19,21). The Kier molecular flexibility index (Phi) is 5.71. The summed E-state index contributed by atoms with van der Waals surface area (Å²) in [4.78, 5) is 22.8. The quantitative estimate of drug-likeness (QED) is 0.436. The summed E-state index contributed by atoms with van der Waals surface area (Å²) >= 11 is 4.22.